The van der Waals surface area contributed by atoms with Gasteiger partial charge in [0.2, 0.25) is 5.89 Å². The molecule has 1 aromatic heterocycles. The van der Waals surface area contributed by atoms with Crippen molar-refractivity contribution >= 4 is 5.97 Å². The Kier molecular flexibility index (Phi) is 2.70. The van der Waals surface area contributed by atoms with Gasteiger partial charge in [0.15, 0.2) is 5.82 Å². The molecular formula is C10H14N2O3. The summed E-state index contributed by atoms with van der Waals surface area (Å²) in [6.07, 6.45) is 3.15. The molecule has 1 fully saturated rings. The van der Waals surface area contributed by atoms with Gasteiger partial charge in [-0.2, -0.15) is 4.98 Å². The van der Waals surface area contributed by atoms with Crippen molar-refractivity contribution in [1.82, 2.24) is 10.1 Å². The van der Waals surface area contributed by atoms with Gasteiger partial charge in [-0.1, -0.05) is 12.1 Å². The van der Waals surface area contributed by atoms with Crippen molar-refractivity contribution in [1.29, 1.82) is 0 Å². The minimum atomic E-state index is -0.940. The van der Waals surface area contributed by atoms with Crippen molar-refractivity contribution in [3.63, 3.8) is 0 Å². The van der Waals surface area contributed by atoms with Gasteiger partial charge >= 0.3 is 5.97 Å². The van der Waals surface area contributed by atoms with E-state index in [1.807, 2.05) is 0 Å². The Labute approximate surface area is 87.5 Å². The van der Waals surface area contributed by atoms with Gasteiger partial charge in [-0.15, -0.1) is 0 Å². The van der Waals surface area contributed by atoms with Crippen LogP contribution in [0.25, 0.3) is 0 Å². The minimum absolute atomic E-state index is 0.185. The summed E-state index contributed by atoms with van der Waals surface area (Å²) in [5.74, 6) is 1.00. The third-order valence-corrected chi connectivity index (χ3v) is 2.85. The zero-order valence-corrected chi connectivity index (χ0v) is 8.64. The van der Waals surface area contributed by atoms with Gasteiger partial charge in [-0.3, -0.25) is 4.79 Å². The molecule has 0 saturated heterocycles. The van der Waals surface area contributed by atoms with Gasteiger partial charge in [-0.05, 0) is 25.2 Å². The summed E-state index contributed by atoms with van der Waals surface area (Å²) in [7, 11) is 0. The molecule has 5 nitrogen and oxygen atoms in total. The van der Waals surface area contributed by atoms with E-state index in [2.05, 4.69) is 17.1 Å². The average molecular weight is 210 g/mol. The van der Waals surface area contributed by atoms with Crippen LogP contribution in [0.3, 0.4) is 0 Å². The fourth-order valence-corrected chi connectivity index (χ4v) is 2.08. The van der Waals surface area contributed by atoms with Crippen LogP contribution in [0.2, 0.25) is 0 Å². The van der Waals surface area contributed by atoms with Gasteiger partial charge < -0.3 is 9.63 Å². The molecule has 1 aliphatic carbocycles. The third kappa shape index (κ3) is 2.34. The van der Waals surface area contributed by atoms with E-state index in [0.29, 0.717) is 17.7 Å². The highest BCUT2D eigenvalue weighted by atomic mass is 16.5. The lowest BCUT2D eigenvalue weighted by molar-refractivity contribution is -0.136. The smallest absolute Gasteiger partial charge is 0.312 e. The SMILES string of the molecule is CC1CCC(c2noc(CC(=O)O)n2)C1. The quantitative estimate of drug-likeness (QED) is 0.819. The highest BCUT2D eigenvalue weighted by Gasteiger charge is 2.26. The van der Waals surface area contributed by atoms with Crippen molar-refractivity contribution in [2.24, 2.45) is 5.92 Å². The Morgan fingerprint density at radius 2 is 2.40 bits per heavy atom. The first-order chi connectivity index (χ1) is 7.15. The summed E-state index contributed by atoms with van der Waals surface area (Å²) in [4.78, 5) is 14.5. The Morgan fingerprint density at radius 1 is 1.60 bits per heavy atom. The van der Waals surface area contributed by atoms with Crippen LogP contribution in [-0.4, -0.2) is 21.2 Å². The lowest BCUT2D eigenvalue weighted by Gasteiger charge is -2.01. The monoisotopic (exact) mass is 210 g/mol. The lowest BCUT2D eigenvalue weighted by atomic mass is 10.1. The molecular weight excluding hydrogens is 196 g/mol. The second-order valence-electron chi connectivity index (χ2n) is 4.23. The van der Waals surface area contributed by atoms with Gasteiger partial charge in [0.05, 0.1) is 0 Å². The highest BCUT2D eigenvalue weighted by molar-refractivity contribution is 5.68. The van der Waals surface area contributed by atoms with Crippen LogP contribution in [0.15, 0.2) is 4.52 Å². The molecule has 0 amide bonds. The molecule has 1 heterocycles. The van der Waals surface area contributed by atoms with Crippen LogP contribution in [-0.2, 0) is 11.2 Å². The van der Waals surface area contributed by atoms with Gasteiger partial charge in [0.1, 0.15) is 6.42 Å². The van der Waals surface area contributed by atoms with E-state index in [1.165, 1.54) is 6.42 Å². The maximum atomic E-state index is 10.4. The van der Waals surface area contributed by atoms with Gasteiger partial charge in [0, 0.05) is 5.92 Å². The van der Waals surface area contributed by atoms with E-state index in [0.717, 1.165) is 12.8 Å². The summed E-state index contributed by atoms with van der Waals surface area (Å²) in [5.41, 5.74) is 0. The Hall–Kier alpha value is -1.39. The number of hydrogen-bond acceptors (Lipinski definition) is 4. The lowest BCUT2D eigenvalue weighted by Crippen LogP contribution is -2.01. The molecule has 82 valence electrons. The zero-order valence-electron chi connectivity index (χ0n) is 8.64. The number of nitrogens with zero attached hydrogens (tertiary/aromatic N) is 2. The number of aromatic nitrogens is 2. The molecule has 0 bridgehead atoms. The van der Waals surface area contributed by atoms with E-state index in [1.54, 1.807) is 0 Å². The number of carboxylic acids is 1. The number of carboxylic acid groups (broad SMARTS) is 1. The molecule has 5 heteroatoms. The molecule has 1 aliphatic rings. The Balaban J connectivity index is 2.03. The molecule has 2 atom stereocenters. The van der Waals surface area contributed by atoms with Crippen LogP contribution >= 0.6 is 0 Å². The molecule has 15 heavy (non-hydrogen) atoms. The first-order valence-corrected chi connectivity index (χ1v) is 5.19. The normalized spacial score (nSPS) is 25.7. The number of aliphatic carboxylic acids is 1. The van der Waals surface area contributed by atoms with Gasteiger partial charge in [0.25, 0.3) is 0 Å². The topological polar surface area (TPSA) is 76.2 Å². The van der Waals surface area contributed by atoms with Crippen LogP contribution in [0.5, 0.6) is 0 Å². The van der Waals surface area contributed by atoms with Gasteiger partial charge in [-0.25, -0.2) is 0 Å². The zero-order chi connectivity index (χ0) is 10.8. The summed E-state index contributed by atoms with van der Waals surface area (Å²) in [6.45, 7) is 2.21. The van der Waals surface area contributed by atoms with Crippen molar-refractivity contribution in [2.75, 3.05) is 0 Å². The van der Waals surface area contributed by atoms with E-state index in [9.17, 15) is 4.79 Å². The van der Waals surface area contributed by atoms with E-state index in [-0.39, 0.29) is 12.3 Å². The molecule has 0 aromatic carbocycles. The molecule has 1 N–H and O–H groups in total. The van der Waals surface area contributed by atoms with Crippen molar-refractivity contribution in [2.45, 2.75) is 38.5 Å². The molecule has 0 spiro atoms. The molecule has 2 rings (SSSR count). The summed E-state index contributed by atoms with van der Waals surface area (Å²) < 4.78 is 4.88. The largest absolute Gasteiger partial charge is 0.481 e. The second-order valence-corrected chi connectivity index (χ2v) is 4.23. The minimum Gasteiger partial charge on any atom is -0.481 e. The van der Waals surface area contributed by atoms with Crippen LogP contribution in [0.1, 0.15) is 43.8 Å². The first-order valence-electron chi connectivity index (χ1n) is 5.19. The van der Waals surface area contributed by atoms with E-state index < -0.39 is 5.97 Å². The Morgan fingerprint density at radius 3 is 3.00 bits per heavy atom. The summed E-state index contributed by atoms with van der Waals surface area (Å²) in [6, 6.07) is 0. The first kappa shape index (κ1) is 10.1. The standard InChI is InChI=1S/C10H14N2O3/c1-6-2-3-7(4-6)10-11-8(15-12-10)5-9(13)14/h6-7H,2-5H2,1H3,(H,13,14). The molecule has 1 aromatic rings. The van der Waals surface area contributed by atoms with Crippen LogP contribution in [0, 0.1) is 5.92 Å². The second kappa shape index (κ2) is 4.00. The summed E-state index contributed by atoms with van der Waals surface area (Å²) >= 11 is 0. The van der Waals surface area contributed by atoms with Crippen LogP contribution < -0.4 is 0 Å². The highest BCUT2D eigenvalue weighted by Crippen LogP contribution is 2.36. The number of carbonyl (C=O) groups is 1. The maximum Gasteiger partial charge on any atom is 0.312 e. The molecule has 2 unspecified atom stereocenters. The third-order valence-electron chi connectivity index (χ3n) is 2.85. The molecule has 0 aliphatic heterocycles. The fraction of sp³-hybridized carbons (Fsp3) is 0.700. The number of rotatable bonds is 3. The Bertz CT molecular complexity index is 361. The predicted molar refractivity (Wildman–Crippen MR) is 51.4 cm³/mol. The predicted octanol–water partition coefficient (Wildman–Crippen LogP) is 1.60. The van der Waals surface area contributed by atoms with E-state index in [4.69, 9.17) is 9.63 Å². The number of hydrogen-bond donors (Lipinski definition) is 1. The average Bonchev–Trinajstić information content (AvgIpc) is 2.72. The van der Waals surface area contributed by atoms with Crippen molar-refractivity contribution in [3.05, 3.63) is 11.7 Å². The van der Waals surface area contributed by atoms with Crippen LogP contribution in [0.4, 0.5) is 0 Å². The van der Waals surface area contributed by atoms with E-state index >= 15 is 0 Å². The molecule has 0 radical (unpaired) electrons. The van der Waals surface area contributed by atoms with Crippen molar-refractivity contribution in [3.8, 4) is 0 Å². The molecule has 1 saturated carbocycles. The van der Waals surface area contributed by atoms with Crippen molar-refractivity contribution < 1.29 is 14.4 Å². The fourth-order valence-electron chi connectivity index (χ4n) is 2.08. The maximum absolute atomic E-state index is 10.4. The summed E-state index contributed by atoms with van der Waals surface area (Å²) in [5, 5.41) is 12.4.